The van der Waals surface area contributed by atoms with Crippen molar-refractivity contribution in [2.75, 3.05) is 19.3 Å². The van der Waals surface area contributed by atoms with Crippen LogP contribution in [0.2, 0.25) is 0 Å². The van der Waals surface area contributed by atoms with Crippen LogP contribution in [0.25, 0.3) is 27.9 Å². The third-order valence-corrected chi connectivity index (χ3v) is 6.50. The molecule has 0 bridgehead atoms. The van der Waals surface area contributed by atoms with Gasteiger partial charge in [-0.2, -0.15) is 5.10 Å². The topological polar surface area (TPSA) is 113 Å². The van der Waals surface area contributed by atoms with E-state index >= 15 is 0 Å². The van der Waals surface area contributed by atoms with Gasteiger partial charge in [0.1, 0.15) is 5.76 Å². The van der Waals surface area contributed by atoms with Crippen LogP contribution in [0.4, 0.5) is 0 Å². The molecule has 0 aliphatic carbocycles. The molecule has 1 aliphatic heterocycles. The van der Waals surface area contributed by atoms with E-state index in [1.165, 1.54) is 0 Å². The predicted octanol–water partition coefficient (Wildman–Crippen LogP) is 4.24. The predicted molar refractivity (Wildman–Crippen MR) is 141 cm³/mol. The number of hydrogen-bond acceptors (Lipinski definition) is 7. The van der Waals surface area contributed by atoms with Crippen molar-refractivity contribution in [2.24, 2.45) is 0 Å². The van der Waals surface area contributed by atoms with Crippen LogP contribution in [0, 0.1) is 0 Å². The summed E-state index contributed by atoms with van der Waals surface area (Å²) in [5, 5.41) is 8.10. The quantitative estimate of drug-likeness (QED) is 0.435. The number of ether oxygens (including phenoxy) is 1. The number of oxazole rings is 1. The molecule has 0 amide bonds. The number of H-pyrrole nitrogens is 1. The van der Waals surface area contributed by atoms with Crippen molar-refractivity contribution in [3.05, 3.63) is 65.9 Å². The van der Waals surface area contributed by atoms with Crippen LogP contribution in [0.5, 0.6) is 0 Å². The number of fused-ring (bicyclic) bond motifs is 1. The minimum atomic E-state index is -3.44. The molecule has 4 rings (SSSR count). The second-order valence-corrected chi connectivity index (χ2v) is 11.3. The molecule has 0 unspecified atom stereocenters. The van der Waals surface area contributed by atoms with Crippen LogP contribution in [-0.2, 0) is 21.3 Å². The minimum Gasteiger partial charge on any atom is -0.440 e. The van der Waals surface area contributed by atoms with Crippen LogP contribution < -0.4 is 4.72 Å². The molecule has 1 aliphatic rings. The van der Waals surface area contributed by atoms with E-state index in [0.717, 1.165) is 58.3 Å². The summed E-state index contributed by atoms with van der Waals surface area (Å²) in [6, 6.07) is 3.91. The Hall–Kier alpha value is -3.21. The van der Waals surface area contributed by atoms with E-state index in [9.17, 15) is 8.42 Å². The molecule has 2 aromatic heterocycles. The average Bonchev–Trinajstić information content (AvgIpc) is 3.43. The van der Waals surface area contributed by atoms with E-state index in [2.05, 4.69) is 45.2 Å². The lowest BCUT2D eigenvalue weighted by molar-refractivity contribution is -0.0718. The third kappa shape index (κ3) is 6.13. The Bertz CT molecular complexity index is 1420. The van der Waals surface area contributed by atoms with Gasteiger partial charge in [0, 0.05) is 29.7 Å². The first-order valence-electron chi connectivity index (χ1n) is 11.8. The van der Waals surface area contributed by atoms with Gasteiger partial charge in [-0.25, -0.2) is 13.4 Å². The summed E-state index contributed by atoms with van der Waals surface area (Å²) >= 11 is 0. The largest absolute Gasteiger partial charge is 0.440 e. The fourth-order valence-electron chi connectivity index (χ4n) is 4.43. The molecule has 0 spiro atoms. The highest BCUT2D eigenvalue weighted by Crippen LogP contribution is 2.32. The zero-order chi connectivity index (χ0) is 26.0. The number of rotatable bonds is 8. The summed E-state index contributed by atoms with van der Waals surface area (Å²) < 4.78 is 38.3. The number of hydrogen-bond donors (Lipinski definition) is 2. The number of morpholine rings is 1. The van der Waals surface area contributed by atoms with Crippen molar-refractivity contribution >= 4 is 26.5 Å². The molecule has 2 N–H and O–H groups in total. The first-order chi connectivity index (χ1) is 17.0. The zero-order valence-electron chi connectivity index (χ0n) is 21.3. The van der Waals surface area contributed by atoms with Crippen molar-refractivity contribution in [2.45, 2.75) is 46.4 Å². The summed E-state index contributed by atoms with van der Waals surface area (Å²) in [4.78, 5) is 6.88. The Morgan fingerprint density at radius 2 is 1.97 bits per heavy atom. The van der Waals surface area contributed by atoms with Crippen molar-refractivity contribution in [3.63, 3.8) is 0 Å². The fraction of sp³-hybridized carbons (Fsp3) is 0.385. The smallest absolute Gasteiger partial charge is 0.229 e. The van der Waals surface area contributed by atoms with Gasteiger partial charge >= 0.3 is 0 Å². The highest BCUT2D eigenvalue weighted by Gasteiger charge is 2.23. The van der Waals surface area contributed by atoms with Crippen molar-refractivity contribution in [1.82, 2.24) is 24.8 Å². The van der Waals surface area contributed by atoms with E-state index < -0.39 is 10.0 Å². The van der Waals surface area contributed by atoms with Crippen molar-refractivity contribution in [3.8, 4) is 11.5 Å². The van der Waals surface area contributed by atoms with Gasteiger partial charge in [-0.1, -0.05) is 18.2 Å². The number of aromatic nitrogens is 3. The van der Waals surface area contributed by atoms with Gasteiger partial charge in [0.15, 0.2) is 0 Å². The molecule has 1 saturated heterocycles. The molecule has 1 fully saturated rings. The summed E-state index contributed by atoms with van der Waals surface area (Å²) in [7, 11) is -3.44. The van der Waals surface area contributed by atoms with Crippen LogP contribution >= 0.6 is 0 Å². The Kier molecular flexibility index (Phi) is 7.49. The maximum absolute atomic E-state index is 11.9. The lowest BCUT2D eigenvalue weighted by Crippen LogP contribution is -2.44. The van der Waals surface area contributed by atoms with Crippen molar-refractivity contribution in [1.29, 1.82) is 0 Å². The van der Waals surface area contributed by atoms with Gasteiger partial charge in [-0.05, 0) is 57.0 Å². The monoisotopic (exact) mass is 511 g/mol. The Labute approximate surface area is 212 Å². The lowest BCUT2D eigenvalue weighted by atomic mass is 9.99. The van der Waals surface area contributed by atoms with E-state index in [0.29, 0.717) is 18.1 Å². The number of sulfonamides is 1. The number of nitrogens with zero attached hydrogens (tertiary/aromatic N) is 3. The summed E-state index contributed by atoms with van der Waals surface area (Å²) in [6.45, 7) is 14.1. The highest BCUT2D eigenvalue weighted by atomic mass is 32.2. The van der Waals surface area contributed by atoms with E-state index in [-0.39, 0.29) is 12.2 Å². The molecule has 10 heteroatoms. The third-order valence-electron chi connectivity index (χ3n) is 5.90. The molecule has 9 nitrogen and oxygen atoms in total. The maximum Gasteiger partial charge on any atom is 0.229 e. The molecular weight excluding hydrogens is 478 g/mol. The van der Waals surface area contributed by atoms with E-state index in [1.807, 2.05) is 26.0 Å². The molecule has 3 heterocycles. The second kappa shape index (κ2) is 10.4. The normalized spacial score (nSPS) is 19.4. The van der Waals surface area contributed by atoms with Gasteiger partial charge in [0.25, 0.3) is 0 Å². The molecule has 2 atom stereocenters. The number of benzene rings is 1. The first kappa shape index (κ1) is 25.9. The molecule has 0 saturated carbocycles. The molecule has 36 heavy (non-hydrogen) atoms. The van der Waals surface area contributed by atoms with Gasteiger partial charge < -0.3 is 9.15 Å². The molecule has 0 radical (unpaired) electrons. The summed E-state index contributed by atoms with van der Waals surface area (Å²) in [5.74, 6) is 1.27. The van der Waals surface area contributed by atoms with Gasteiger partial charge in [-0.15, -0.1) is 0 Å². The molecular formula is C26H33N5O4S. The standard InChI is InChI=1S/C26H33N5O4S/c1-7-19(9-24(16(2)3)30-36(6,32)33)20-8-22(23-12-28-29-25(23)10-20)26-27-11-21(35-26)15-31-13-17(4)34-18(5)14-31/h7-12,17-18,30H,1,13-15H2,2-6H3,(H,28,29)/b19-9+/t17-,18+. The average molecular weight is 512 g/mol. The molecule has 3 aromatic rings. The second-order valence-electron chi connectivity index (χ2n) is 9.53. The van der Waals surface area contributed by atoms with Crippen LogP contribution in [-0.4, -0.2) is 60.1 Å². The SMILES string of the molecule is C=C/C(=C\C(NS(C)(=O)=O)=C(C)C)c1cc(-c2ncc(CN3C[C@@H](C)O[C@@H](C)C3)o2)c2cn[nH]c2c1. The molecule has 1 aromatic carbocycles. The number of nitrogens with one attached hydrogen (secondary N) is 2. The van der Waals surface area contributed by atoms with Crippen molar-refractivity contribution < 1.29 is 17.6 Å². The Morgan fingerprint density at radius 1 is 1.25 bits per heavy atom. The van der Waals surface area contributed by atoms with E-state index in [1.54, 1.807) is 24.5 Å². The highest BCUT2D eigenvalue weighted by molar-refractivity contribution is 7.88. The van der Waals surface area contributed by atoms with Crippen LogP contribution in [0.1, 0.15) is 39.0 Å². The fourth-order valence-corrected chi connectivity index (χ4v) is 5.09. The van der Waals surface area contributed by atoms with Gasteiger partial charge in [0.2, 0.25) is 15.9 Å². The Balaban J connectivity index is 1.70. The summed E-state index contributed by atoms with van der Waals surface area (Å²) in [5.41, 5.74) is 4.47. The first-order valence-corrected chi connectivity index (χ1v) is 13.7. The van der Waals surface area contributed by atoms with Gasteiger partial charge in [-0.3, -0.25) is 14.7 Å². The van der Waals surface area contributed by atoms with Crippen LogP contribution in [0.3, 0.4) is 0 Å². The maximum atomic E-state index is 11.9. The number of aromatic amines is 1. The lowest BCUT2D eigenvalue weighted by Gasteiger charge is -2.34. The molecule has 192 valence electrons. The zero-order valence-corrected chi connectivity index (χ0v) is 22.1. The minimum absolute atomic E-state index is 0.172. The Morgan fingerprint density at radius 3 is 2.61 bits per heavy atom. The van der Waals surface area contributed by atoms with Gasteiger partial charge in [0.05, 0.1) is 42.9 Å². The van der Waals surface area contributed by atoms with E-state index in [4.69, 9.17) is 9.15 Å². The van der Waals surface area contributed by atoms with Crippen LogP contribution in [0.15, 0.2) is 58.9 Å². The number of allylic oxidation sites excluding steroid dienone is 4. The summed E-state index contributed by atoms with van der Waals surface area (Å²) in [6.07, 6.45) is 8.44.